The molecule has 2 rings (SSSR count). The molecule has 0 aromatic heterocycles. The molecular formula is C17H19NO5. The van der Waals surface area contributed by atoms with Crippen molar-refractivity contribution in [2.24, 2.45) is 0 Å². The highest BCUT2D eigenvalue weighted by Gasteiger charge is 2.52. The van der Waals surface area contributed by atoms with Crippen molar-refractivity contribution in [3.8, 4) is 0 Å². The van der Waals surface area contributed by atoms with E-state index in [4.69, 9.17) is 4.74 Å². The van der Waals surface area contributed by atoms with Gasteiger partial charge >= 0.3 is 11.5 Å². The Labute approximate surface area is 133 Å². The normalized spacial score (nSPS) is 13.7. The van der Waals surface area contributed by atoms with Crippen molar-refractivity contribution in [1.82, 2.24) is 0 Å². The van der Waals surface area contributed by atoms with Crippen LogP contribution in [0.25, 0.3) is 10.8 Å². The Morgan fingerprint density at radius 3 is 2.48 bits per heavy atom. The van der Waals surface area contributed by atoms with Crippen LogP contribution in [0.15, 0.2) is 42.5 Å². The number of aliphatic hydroxyl groups excluding tert-OH is 1. The number of ether oxygens (including phenoxy) is 1. The quantitative estimate of drug-likeness (QED) is 0.502. The third-order valence-electron chi connectivity index (χ3n) is 3.64. The van der Waals surface area contributed by atoms with E-state index < -0.39 is 29.1 Å². The van der Waals surface area contributed by atoms with Crippen molar-refractivity contribution in [2.45, 2.75) is 31.9 Å². The van der Waals surface area contributed by atoms with Crippen LogP contribution in [0.5, 0.6) is 0 Å². The molecule has 0 radical (unpaired) electrons. The SMILES string of the molecule is CC(C)OC(=O)C(CO)(Cc1ccc2ccccc2c1)[N+](=O)[O-]. The standard InChI is InChI=1S/C17H19NO5/c1-12(2)23-16(20)17(11-19,18(21)22)10-13-7-8-14-5-3-4-6-15(14)9-13/h3-9,12,19H,10-11H2,1-2H3. The summed E-state index contributed by atoms with van der Waals surface area (Å²) in [5, 5.41) is 23.0. The van der Waals surface area contributed by atoms with Gasteiger partial charge in [0.2, 0.25) is 0 Å². The second-order valence-electron chi connectivity index (χ2n) is 5.76. The zero-order valence-corrected chi connectivity index (χ0v) is 13.1. The predicted molar refractivity (Wildman–Crippen MR) is 85.7 cm³/mol. The molecule has 2 aromatic carbocycles. The summed E-state index contributed by atoms with van der Waals surface area (Å²) in [6.45, 7) is 2.30. The largest absolute Gasteiger partial charge is 0.458 e. The van der Waals surface area contributed by atoms with Crippen molar-refractivity contribution < 1.29 is 19.6 Å². The number of carbonyl (C=O) groups is 1. The topological polar surface area (TPSA) is 89.7 Å². The van der Waals surface area contributed by atoms with Crippen molar-refractivity contribution in [2.75, 3.05) is 6.61 Å². The zero-order chi connectivity index (χ0) is 17.0. The molecule has 0 spiro atoms. The molecule has 0 bridgehead atoms. The number of hydrogen-bond donors (Lipinski definition) is 1. The lowest BCUT2D eigenvalue weighted by molar-refractivity contribution is -0.558. The summed E-state index contributed by atoms with van der Waals surface area (Å²) in [6.07, 6.45) is -0.725. The van der Waals surface area contributed by atoms with Crippen LogP contribution in [0.3, 0.4) is 0 Å². The van der Waals surface area contributed by atoms with Gasteiger partial charge in [0.05, 0.1) is 12.5 Å². The molecule has 0 fully saturated rings. The summed E-state index contributed by atoms with van der Waals surface area (Å²) in [5.74, 6) is -1.02. The van der Waals surface area contributed by atoms with Gasteiger partial charge in [0.1, 0.15) is 6.61 Å². The number of carbonyl (C=O) groups excluding carboxylic acids is 1. The average Bonchev–Trinajstić information content (AvgIpc) is 2.51. The first-order chi connectivity index (χ1) is 10.9. The fraction of sp³-hybridized carbons (Fsp3) is 0.353. The van der Waals surface area contributed by atoms with Gasteiger partial charge in [-0.15, -0.1) is 0 Å². The molecule has 2 aromatic rings. The Bertz CT molecular complexity index is 728. The average molecular weight is 317 g/mol. The lowest BCUT2D eigenvalue weighted by Gasteiger charge is -2.22. The number of esters is 1. The van der Waals surface area contributed by atoms with Gasteiger partial charge in [-0.25, -0.2) is 4.79 Å². The summed E-state index contributed by atoms with van der Waals surface area (Å²) in [5.41, 5.74) is -1.60. The number of nitrogens with zero attached hydrogens (tertiary/aromatic N) is 1. The van der Waals surface area contributed by atoms with Crippen LogP contribution in [-0.2, 0) is 16.0 Å². The lowest BCUT2D eigenvalue weighted by atomic mass is 9.91. The molecule has 1 atom stereocenters. The minimum absolute atomic E-state index is 0.229. The first-order valence-corrected chi connectivity index (χ1v) is 7.33. The Morgan fingerprint density at radius 1 is 1.26 bits per heavy atom. The van der Waals surface area contributed by atoms with Crippen molar-refractivity contribution in [3.63, 3.8) is 0 Å². The number of nitro groups is 1. The smallest absolute Gasteiger partial charge is 0.387 e. The van der Waals surface area contributed by atoms with Gasteiger partial charge in [-0.05, 0) is 30.2 Å². The maximum atomic E-state index is 12.2. The molecule has 122 valence electrons. The molecule has 0 amide bonds. The molecule has 1 N–H and O–H groups in total. The molecule has 6 nitrogen and oxygen atoms in total. The van der Waals surface area contributed by atoms with Gasteiger partial charge in [-0.2, -0.15) is 0 Å². The van der Waals surface area contributed by atoms with Gasteiger partial charge in [0.25, 0.3) is 0 Å². The fourth-order valence-corrected chi connectivity index (χ4v) is 2.40. The fourth-order valence-electron chi connectivity index (χ4n) is 2.40. The van der Waals surface area contributed by atoms with E-state index in [0.717, 1.165) is 10.8 Å². The van der Waals surface area contributed by atoms with Gasteiger partial charge in [-0.1, -0.05) is 42.5 Å². The van der Waals surface area contributed by atoms with Crippen LogP contribution in [0.2, 0.25) is 0 Å². The van der Waals surface area contributed by atoms with E-state index in [9.17, 15) is 20.0 Å². The van der Waals surface area contributed by atoms with Crippen LogP contribution in [0, 0.1) is 10.1 Å². The van der Waals surface area contributed by atoms with Gasteiger partial charge < -0.3 is 9.84 Å². The molecule has 1 unspecified atom stereocenters. The molecule has 0 saturated carbocycles. The molecule has 23 heavy (non-hydrogen) atoms. The summed E-state index contributed by atoms with van der Waals surface area (Å²) in [4.78, 5) is 22.9. The first kappa shape index (κ1) is 16.9. The number of aliphatic hydroxyl groups is 1. The van der Waals surface area contributed by atoms with Gasteiger partial charge in [-0.3, -0.25) is 10.1 Å². The maximum absolute atomic E-state index is 12.2. The summed E-state index contributed by atoms with van der Waals surface area (Å²) >= 11 is 0. The van der Waals surface area contributed by atoms with E-state index in [2.05, 4.69) is 0 Å². The van der Waals surface area contributed by atoms with E-state index >= 15 is 0 Å². The molecule has 0 heterocycles. The highest BCUT2D eigenvalue weighted by atomic mass is 16.6. The van der Waals surface area contributed by atoms with Crippen molar-refractivity contribution in [3.05, 3.63) is 58.1 Å². The van der Waals surface area contributed by atoms with E-state index in [1.807, 2.05) is 30.3 Å². The van der Waals surface area contributed by atoms with Gasteiger partial charge in [0.15, 0.2) is 0 Å². The predicted octanol–water partition coefficient (Wildman–Crippen LogP) is 2.34. The molecule has 0 aliphatic heterocycles. The molecule has 0 saturated heterocycles. The highest BCUT2D eigenvalue weighted by Crippen LogP contribution is 2.23. The number of fused-ring (bicyclic) bond motifs is 1. The van der Waals surface area contributed by atoms with E-state index in [1.54, 1.807) is 26.0 Å². The van der Waals surface area contributed by atoms with Crippen LogP contribution < -0.4 is 0 Å². The van der Waals surface area contributed by atoms with Crippen molar-refractivity contribution in [1.29, 1.82) is 0 Å². The van der Waals surface area contributed by atoms with E-state index in [0.29, 0.717) is 5.56 Å². The molecule has 0 aliphatic carbocycles. The second kappa shape index (κ2) is 6.75. The van der Waals surface area contributed by atoms with Crippen LogP contribution in [-0.4, -0.2) is 34.2 Å². The number of rotatable bonds is 6. The highest BCUT2D eigenvalue weighted by molar-refractivity contribution is 5.84. The Balaban J connectivity index is 2.39. The second-order valence-corrected chi connectivity index (χ2v) is 5.76. The van der Waals surface area contributed by atoms with E-state index in [1.165, 1.54) is 0 Å². The Hall–Kier alpha value is -2.47. The summed E-state index contributed by atoms with van der Waals surface area (Å²) in [7, 11) is 0. The van der Waals surface area contributed by atoms with Gasteiger partial charge in [0, 0.05) is 4.92 Å². The number of benzene rings is 2. The minimum atomic E-state index is -2.19. The zero-order valence-electron chi connectivity index (χ0n) is 13.1. The molecule has 6 heteroatoms. The van der Waals surface area contributed by atoms with Crippen LogP contribution in [0.4, 0.5) is 0 Å². The van der Waals surface area contributed by atoms with Crippen LogP contribution >= 0.6 is 0 Å². The van der Waals surface area contributed by atoms with Crippen LogP contribution in [0.1, 0.15) is 19.4 Å². The van der Waals surface area contributed by atoms with E-state index in [-0.39, 0.29) is 6.42 Å². The summed E-state index contributed by atoms with van der Waals surface area (Å²) < 4.78 is 4.99. The third kappa shape index (κ3) is 3.48. The first-order valence-electron chi connectivity index (χ1n) is 7.33. The maximum Gasteiger partial charge on any atom is 0.387 e. The Morgan fingerprint density at radius 2 is 1.91 bits per heavy atom. The van der Waals surface area contributed by atoms with Crippen molar-refractivity contribution >= 4 is 16.7 Å². The molecule has 0 aliphatic rings. The molecular weight excluding hydrogens is 298 g/mol. The monoisotopic (exact) mass is 317 g/mol. The summed E-state index contributed by atoms with van der Waals surface area (Å²) in [6, 6.07) is 12.9. The minimum Gasteiger partial charge on any atom is -0.458 e. The lowest BCUT2D eigenvalue weighted by Crippen LogP contribution is -2.53. The Kier molecular flexibility index (Phi) is 4.95. The number of hydrogen-bond acceptors (Lipinski definition) is 5. The third-order valence-corrected chi connectivity index (χ3v) is 3.64.